The number of aryl methyl sites for hydroxylation is 1. The number of hydrogen-bond acceptors (Lipinski definition) is 7. The minimum Gasteiger partial charge on any atom is -0.494 e. The van der Waals surface area contributed by atoms with Crippen LogP contribution in [-0.4, -0.2) is 46.0 Å². The standard InChI is InChI=1S/C21H19FN6O2.C4H8O/c1-28-11-14(10-25-28)20(12-4-6-18(30-2)15(22)7-12)27-21(29)16-5-3-13-9-24-19(23)8-17(13)26-16;1-2-4-5-3-1/h3-11,20H,1-2H3,(H2,23,24)(H,27,29);1-4H2. The quantitative estimate of drug-likeness (QED) is 0.451. The molecular formula is C25H27FN6O3. The van der Waals surface area contributed by atoms with E-state index in [4.69, 9.17) is 15.2 Å². The molecule has 4 aromatic rings. The van der Waals surface area contributed by atoms with E-state index < -0.39 is 17.8 Å². The molecule has 35 heavy (non-hydrogen) atoms. The second kappa shape index (κ2) is 10.9. The topological polar surface area (TPSA) is 117 Å². The minimum atomic E-state index is -0.633. The number of fused-ring (bicyclic) bond motifs is 1. The maximum Gasteiger partial charge on any atom is 0.270 e. The fraction of sp³-hybridized carbons (Fsp3) is 0.280. The molecule has 3 aromatic heterocycles. The molecule has 0 aliphatic carbocycles. The molecule has 1 aromatic carbocycles. The van der Waals surface area contributed by atoms with Crippen LogP contribution in [0.1, 0.15) is 40.5 Å². The highest BCUT2D eigenvalue weighted by Gasteiger charge is 2.21. The summed E-state index contributed by atoms with van der Waals surface area (Å²) in [6, 6.07) is 8.86. The van der Waals surface area contributed by atoms with Gasteiger partial charge < -0.3 is 20.5 Å². The Labute approximate surface area is 202 Å². The molecule has 1 aliphatic heterocycles. The first-order chi connectivity index (χ1) is 16.9. The summed E-state index contributed by atoms with van der Waals surface area (Å²) < 4.78 is 25.9. The highest BCUT2D eigenvalue weighted by Crippen LogP contribution is 2.27. The zero-order chi connectivity index (χ0) is 24.8. The van der Waals surface area contributed by atoms with Crippen LogP contribution in [0.5, 0.6) is 5.75 Å². The van der Waals surface area contributed by atoms with Crippen molar-refractivity contribution in [2.75, 3.05) is 26.1 Å². The van der Waals surface area contributed by atoms with Crippen LogP contribution in [0.15, 0.2) is 55.0 Å². The number of rotatable bonds is 5. The van der Waals surface area contributed by atoms with Gasteiger partial charge in [-0.05, 0) is 42.7 Å². The monoisotopic (exact) mass is 478 g/mol. The van der Waals surface area contributed by atoms with Gasteiger partial charge in [0.05, 0.1) is 24.9 Å². The van der Waals surface area contributed by atoms with Gasteiger partial charge in [0.2, 0.25) is 0 Å². The number of aromatic nitrogens is 4. The molecule has 5 rings (SSSR count). The molecule has 4 heterocycles. The van der Waals surface area contributed by atoms with Crippen molar-refractivity contribution >= 4 is 22.6 Å². The summed E-state index contributed by atoms with van der Waals surface area (Å²) in [5.74, 6) is -0.505. The lowest BCUT2D eigenvalue weighted by molar-refractivity contribution is 0.0938. The number of carbonyl (C=O) groups excluding carboxylic acids is 1. The third-order valence-corrected chi connectivity index (χ3v) is 5.50. The van der Waals surface area contributed by atoms with E-state index in [1.165, 1.54) is 32.1 Å². The van der Waals surface area contributed by atoms with E-state index in [2.05, 4.69) is 20.4 Å². The van der Waals surface area contributed by atoms with Gasteiger partial charge in [0.25, 0.3) is 5.91 Å². The third-order valence-electron chi connectivity index (χ3n) is 5.50. The molecule has 0 radical (unpaired) electrons. The Hall–Kier alpha value is -4.05. The number of nitrogen functional groups attached to an aromatic ring is 1. The van der Waals surface area contributed by atoms with Crippen LogP contribution in [0.25, 0.3) is 10.9 Å². The van der Waals surface area contributed by atoms with Gasteiger partial charge in [-0.1, -0.05) is 6.07 Å². The van der Waals surface area contributed by atoms with Crippen molar-refractivity contribution in [3.63, 3.8) is 0 Å². The average molecular weight is 479 g/mol. The first-order valence-corrected chi connectivity index (χ1v) is 11.2. The van der Waals surface area contributed by atoms with Crippen molar-refractivity contribution in [1.29, 1.82) is 0 Å². The molecule has 1 saturated heterocycles. The van der Waals surface area contributed by atoms with Gasteiger partial charge >= 0.3 is 0 Å². The number of carbonyl (C=O) groups is 1. The largest absolute Gasteiger partial charge is 0.494 e. The van der Waals surface area contributed by atoms with E-state index in [1.807, 2.05) is 0 Å². The number of nitrogens with zero attached hydrogens (tertiary/aromatic N) is 4. The van der Waals surface area contributed by atoms with E-state index in [-0.39, 0.29) is 11.4 Å². The molecule has 0 bridgehead atoms. The lowest BCUT2D eigenvalue weighted by Crippen LogP contribution is -2.30. The van der Waals surface area contributed by atoms with Gasteiger partial charge in [-0.25, -0.2) is 14.4 Å². The lowest BCUT2D eigenvalue weighted by Gasteiger charge is -2.18. The molecule has 1 unspecified atom stereocenters. The number of amides is 1. The zero-order valence-electron chi connectivity index (χ0n) is 19.6. The third kappa shape index (κ3) is 5.90. The Bertz CT molecular complexity index is 1310. The number of benzene rings is 1. The molecule has 1 atom stereocenters. The maximum absolute atomic E-state index is 14.3. The molecule has 9 nitrogen and oxygen atoms in total. The predicted molar refractivity (Wildman–Crippen MR) is 129 cm³/mol. The van der Waals surface area contributed by atoms with Crippen molar-refractivity contribution in [3.8, 4) is 5.75 Å². The van der Waals surface area contributed by atoms with Crippen molar-refractivity contribution in [2.45, 2.75) is 18.9 Å². The van der Waals surface area contributed by atoms with Crippen LogP contribution >= 0.6 is 0 Å². The molecule has 10 heteroatoms. The van der Waals surface area contributed by atoms with Crippen molar-refractivity contribution in [3.05, 3.63) is 77.6 Å². The number of methoxy groups -OCH3 is 1. The Morgan fingerprint density at radius 2 is 1.97 bits per heavy atom. The molecule has 3 N–H and O–H groups in total. The van der Waals surface area contributed by atoms with Gasteiger partial charge in [0.15, 0.2) is 11.6 Å². The Morgan fingerprint density at radius 3 is 2.60 bits per heavy atom. The number of nitrogens with two attached hydrogens (primary N) is 1. The van der Waals surface area contributed by atoms with Crippen molar-refractivity contribution in [1.82, 2.24) is 25.1 Å². The Morgan fingerprint density at radius 1 is 1.17 bits per heavy atom. The van der Waals surface area contributed by atoms with Crippen LogP contribution in [0.2, 0.25) is 0 Å². The first kappa shape index (κ1) is 24.1. The minimum absolute atomic E-state index is 0.123. The van der Waals surface area contributed by atoms with E-state index in [1.54, 1.807) is 54.6 Å². The summed E-state index contributed by atoms with van der Waals surface area (Å²) >= 11 is 0. The van der Waals surface area contributed by atoms with Crippen molar-refractivity contribution in [2.24, 2.45) is 7.05 Å². The molecule has 1 amide bonds. The summed E-state index contributed by atoms with van der Waals surface area (Å²) in [7, 11) is 3.16. The van der Waals surface area contributed by atoms with E-state index in [0.717, 1.165) is 18.6 Å². The number of nitrogens with one attached hydrogen (secondary N) is 1. The second-order valence-corrected chi connectivity index (χ2v) is 8.07. The normalized spacial score (nSPS) is 13.7. The van der Waals surface area contributed by atoms with Crippen LogP contribution in [-0.2, 0) is 11.8 Å². The Kier molecular flexibility index (Phi) is 7.51. The Balaban J connectivity index is 0.000000514. The van der Waals surface area contributed by atoms with Crippen LogP contribution < -0.4 is 15.8 Å². The van der Waals surface area contributed by atoms with Gasteiger partial charge in [-0.2, -0.15) is 5.10 Å². The highest BCUT2D eigenvalue weighted by atomic mass is 19.1. The van der Waals surface area contributed by atoms with Crippen LogP contribution in [0.3, 0.4) is 0 Å². The van der Waals surface area contributed by atoms with E-state index >= 15 is 0 Å². The molecule has 0 spiro atoms. The molecular weight excluding hydrogens is 451 g/mol. The maximum atomic E-state index is 14.3. The fourth-order valence-corrected chi connectivity index (χ4v) is 3.68. The molecule has 0 saturated carbocycles. The summed E-state index contributed by atoms with van der Waals surface area (Å²) in [6.07, 6.45) is 7.53. The average Bonchev–Trinajstić information content (AvgIpc) is 3.57. The number of ether oxygens (including phenoxy) is 2. The lowest BCUT2D eigenvalue weighted by atomic mass is 10.0. The van der Waals surface area contributed by atoms with E-state index in [9.17, 15) is 9.18 Å². The molecule has 1 fully saturated rings. The number of anilines is 1. The SMILES string of the molecule is C1CCOC1.COc1ccc(C(NC(=O)c2ccc3cnc(N)cc3n2)c2cnn(C)c2)cc1F. The van der Waals surface area contributed by atoms with Gasteiger partial charge in [-0.15, -0.1) is 0 Å². The summed E-state index contributed by atoms with van der Waals surface area (Å²) in [6.45, 7) is 2.00. The zero-order valence-corrected chi connectivity index (χ0v) is 19.6. The summed E-state index contributed by atoms with van der Waals surface area (Å²) in [5.41, 5.74) is 7.72. The molecule has 1 aliphatic rings. The summed E-state index contributed by atoms with van der Waals surface area (Å²) in [5, 5.41) is 7.84. The van der Waals surface area contributed by atoms with Crippen LogP contribution in [0.4, 0.5) is 10.2 Å². The van der Waals surface area contributed by atoms with Gasteiger partial charge in [-0.3, -0.25) is 9.48 Å². The van der Waals surface area contributed by atoms with E-state index in [0.29, 0.717) is 22.5 Å². The number of pyridine rings is 2. The number of hydrogen-bond donors (Lipinski definition) is 2. The van der Waals surface area contributed by atoms with Crippen LogP contribution in [0, 0.1) is 5.82 Å². The van der Waals surface area contributed by atoms with Gasteiger partial charge in [0, 0.05) is 49.7 Å². The smallest absolute Gasteiger partial charge is 0.270 e. The van der Waals surface area contributed by atoms with Gasteiger partial charge in [0.1, 0.15) is 11.5 Å². The first-order valence-electron chi connectivity index (χ1n) is 11.2. The van der Waals surface area contributed by atoms with Crippen molar-refractivity contribution < 1.29 is 18.7 Å². The predicted octanol–water partition coefficient (Wildman–Crippen LogP) is 3.41. The fourth-order valence-electron chi connectivity index (χ4n) is 3.68. The second-order valence-electron chi connectivity index (χ2n) is 8.07. The highest BCUT2D eigenvalue weighted by molar-refractivity contribution is 5.95. The molecule has 182 valence electrons. The summed E-state index contributed by atoms with van der Waals surface area (Å²) in [4.78, 5) is 21.4. The number of halogens is 1.